The van der Waals surface area contributed by atoms with Gasteiger partial charge in [-0.15, -0.1) is 0 Å². The van der Waals surface area contributed by atoms with Crippen molar-refractivity contribution in [1.82, 2.24) is 19.7 Å². The molecule has 3 aromatic rings. The Morgan fingerprint density at radius 3 is 2.74 bits per heavy atom. The van der Waals surface area contributed by atoms with Gasteiger partial charge in [-0.1, -0.05) is 24.3 Å². The van der Waals surface area contributed by atoms with Crippen LogP contribution in [0.4, 0.5) is 5.82 Å². The Balaban J connectivity index is 1.31. The van der Waals surface area contributed by atoms with Crippen molar-refractivity contribution >= 4 is 17.5 Å². The van der Waals surface area contributed by atoms with Crippen LogP contribution in [-0.4, -0.2) is 38.0 Å². The number of nitrogens with zero attached hydrogens (tertiary/aromatic N) is 6. The van der Waals surface area contributed by atoms with Crippen LogP contribution in [0.3, 0.4) is 0 Å². The van der Waals surface area contributed by atoms with Crippen LogP contribution in [0.25, 0.3) is 11.1 Å². The minimum Gasteiger partial charge on any atom is -0.299 e. The maximum atomic E-state index is 13.1. The van der Waals surface area contributed by atoms with Crippen molar-refractivity contribution in [3.05, 3.63) is 59.8 Å². The van der Waals surface area contributed by atoms with Gasteiger partial charge in [0.1, 0.15) is 22.8 Å². The molecule has 8 nitrogen and oxygen atoms in total. The first-order valence-electron chi connectivity index (χ1n) is 11.6. The van der Waals surface area contributed by atoms with E-state index in [4.69, 9.17) is 0 Å². The number of rotatable bonds is 7. The van der Waals surface area contributed by atoms with Crippen LogP contribution in [0.2, 0.25) is 0 Å². The third-order valence-corrected chi connectivity index (χ3v) is 6.72. The van der Waals surface area contributed by atoms with E-state index >= 15 is 0 Å². The van der Waals surface area contributed by atoms with Crippen molar-refractivity contribution in [2.24, 2.45) is 18.4 Å². The van der Waals surface area contributed by atoms with E-state index in [9.17, 15) is 14.9 Å². The van der Waals surface area contributed by atoms with Gasteiger partial charge in [0.25, 0.3) is 0 Å². The number of aryl methyl sites for hydroxylation is 2. The van der Waals surface area contributed by atoms with Gasteiger partial charge in [0.05, 0.1) is 18.7 Å². The normalized spacial score (nSPS) is 19.9. The van der Waals surface area contributed by atoms with E-state index in [1.54, 1.807) is 21.8 Å². The van der Waals surface area contributed by atoms with Crippen LogP contribution in [0.5, 0.6) is 0 Å². The molecular formula is C26H26N6O2. The molecule has 0 spiro atoms. The summed E-state index contributed by atoms with van der Waals surface area (Å²) in [6.45, 7) is 2.30. The van der Waals surface area contributed by atoms with Gasteiger partial charge in [-0.05, 0) is 43.2 Å². The molecule has 3 heterocycles. The Morgan fingerprint density at radius 1 is 1.21 bits per heavy atom. The molecule has 2 aromatic heterocycles. The number of Topliss-reactive ketones (excluding diaryl/α,β-unsaturated/α-hetero) is 1. The van der Waals surface area contributed by atoms with Crippen LogP contribution in [0, 0.1) is 29.6 Å². The number of carbonyl (C=O) groups excluding carboxylic acids is 2. The second-order valence-electron chi connectivity index (χ2n) is 9.34. The highest BCUT2D eigenvalue weighted by Crippen LogP contribution is 2.51. The molecule has 0 radical (unpaired) electrons. The summed E-state index contributed by atoms with van der Waals surface area (Å²) < 4.78 is 1.75. The maximum Gasteiger partial charge on any atom is 0.248 e. The minimum absolute atomic E-state index is 0.00279. The molecular weight excluding hydrogens is 428 g/mol. The average molecular weight is 455 g/mol. The highest BCUT2D eigenvalue weighted by molar-refractivity contribution is 6.01. The molecule has 34 heavy (non-hydrogen) atoms. The number of benzene rings is 1. The summed E-state index contributed by atoms with van der Waals surface area (Å²) >= 11 is 0. The van der Waals surface area contributed by atoms with E-state index in [1.807, 2.05) is 44.4 Å². The van der Waals surface area contributed by atoms with Gasteiger partial charge >= 0.3 is 0 Å². The lowest BCUT2D eigenvalue weighted by Crippen LogP contribution is -2.36. The second-order valence-corrected chi connectivity index (χ2v) is 9.34. The summed E-state index contributed by atoms with van der Waals surface area (Å²) in [6, 6.07) is 11.9. The molecule has 0 N–H and O–H groups in total. The minimum atomic E-state index is -0.922. The van der Waals surface area contributed by atoms with E-state index in [0.717, 1.165) is 29.5 Å². The van der Waals surface area contributed by atoms with Crippen molar-refractivity contribution in [3.63, 3.8) is 0 Å². The molecule has 1 aliphatic heterocycles. The molecule has 172 valence electrons. The standard InChI is InChI=1S/C26H26N6O2/c1-17-10-24(32-9-8-26(16-27,25(32)34)21-6-7-21)30-23(29-17)13-22(33)12-18-4-3-5-19(11-18)20-14-28-31(2)15-20/h3-5,10-11,14-15,21H,6-9,12-13H2,1-2H3/t26-/m1/s1. The number of ketones is 1. The molecule has 5 rings (SSSR count). The number of aromatic nitrogens is 4. The highest BCUT2D eigenvalue weighted by atomic mass is 16.2. The maximum absolute atomic E-state index is 13.1. The number of carbonyl (C=O) groups is 2. The van der Waals surface area contributed by atoms with Crippen molar-refractivity contribution in [1.29, 1.82) is 5.26 Å². The topological polar surface area (TPSA) is 105 Å². The first-order valence-corrected chi connectivity index (χ1v) is 11.6. The third kappa shape index (κ3) is 4.10. The monoisotopic (exact) mass is 454 g/mol. The SMILES string of the molecule is Cc1cc(N2CC[C@@](C#N)(C3CC3)C2=O)nc(CC(=O)Cc2cccc(-c3cnn(C)c3)c2)n1. The lowest BCUT2D eigenvalue weighted by molar-refractivity contribution is -0.124. The van der Waals surface area contributed by atoms with Crippen molar-refractivity contribution < 1.29 is 9.59 Å². The number of amides is 1. The number of nitriles is 1. The smallest absolute Gasteiger partial charge is 0.248 e. The van der Waals surface area contributed by atoms with Gasteiger partial charge in [0, 0.05) is 43.5 Å². The molecule has 1 atom stereocenters. The van der Waals surface area contributed by atoms with E-state index in [0.29, 0.717) is 30.3 Å². The highest BCUT2D eigenvalue weighted by Gasteiger charge is 2.57. The van der Waals surface area contributed by atoms with Crippen molar-refractivity contribution in [2.75, 3.05) is 11.4 Å². The Bertz CT molecular complexity index is 1320. The molecule has 2 fully saturated rings. The quantitative estimate of drug-likeness (QED) is 0.543. The Labute approximate surface area is 198 Å². The first kappa shape index (κ1) is 22.0. The predicted molar refractivity (Wildman–Crippen MR) is 126 cm³/mol. The van der Waals surface area contributed by atoms with Gasteiger partial charge in [-0.2, -0.15) is 10.4 Å². The van der Waals surface area contributed by atoms with Crippen LogP contribution >= 0.6 is 0 Å². The zero-order valence-electron chi connectivity index (χ0n) is 19.4. The van der Waals surface area contributed by atoms with E-state index in [2.05, 4.69) is 21.1 Å². The van der Waals surface area contributed by atoms with Gasteiger partial charge in [-0.3, -0.25) is 19.2 Å². The largest absolute Gasteiger partial charge is 0.299 e. The number of hydrogen-bond donors (Lipinski definition) is 0. The zero-order valence-corrected chi connectivity index (χ0v) is 19.4. The fourth-order valence-electron chi connectivity index (χ4n) is 4.83. The third-order valence-electron chi connectivity index (χ3n) is 6.72. The molecule has 0 unspecified atom stereocenters. The molecule has 1 amide bonds. The Morgan fingerprint density at radius 2 is 2.03 bits per heavy atom. The zero-order chi connectivity index (χ0) is 23.9. The molecule has 8 heteroatoms. The Hall–Kier alpha value is -3.86. The summed E-state index contributed by atoms with van der Waals surface area (Å²) in [7, 11) is 1.87. The van der Waals surface area contributed by atoms with Gasteiger partial charge in [0.15, 0.2) is 0 Å². The van der Waals surface area contributed by atoms with Crippen LogP contribution in [0.15, 0.2) is 42.7 Å². The Kier molecular flexibility index (Phi) is 5.48. The fourth-order valence-corrected chi connectivity index (χ4v) is 4.83. The van der Waals surface area contributed by atoms with Crippen LogP contribution < -0.4 is 4.90 Å². The van der Waals surface area contributed by atoms with Crippen LogP contribution in [-0.2, 0) is 29.5 Å². The molecule has 1 saturated carbocycles. The lowest BCUT2D eigenvalue weighted by atomic mass is 9.83. The lowest BCUT2D eigenvalue weighted by Gasteiger charge is -2.20. The number of anilines is 1. The fraction of sp³-hybridized carbons (Fsp3) is 0.385. The molecule has 1 aliphatic carbocycles. The molecule has 1 saturated heterocycles. The molecule has 2 aliphatic rings. The molecule has 1 aromatic carbocycles. The van der Waals surface area contributed by atoms with Gasteiger partial charge in [0.2, 0.25) is 5.91 Å². The average Bonchev–Trinajstić information content (AvgIpc) is 3.48. The first-order chi connectivity index (χ1) is 16.4. The summed E-state index contributed by atoms with van der Waals surface area (Å²) in [4.78, 5) is 36.6. The van der Waals surface area contributed by atoms with E-state index in [-0.39, 0.29) is 30.4 Å². The van der Waals surface area contributed by atoms with E-state index in [1.165, 1.54) is 0 Å². The molecule has 0 bridgehead atoms. The van der Waals surface area contributed by atoms with Crippen molar-refractivity contribution in [2.45, 2.75) is 39.0 Å². The summed E-state index contributed by atoms with van der Waals surface area (Å²) in [5.41, 5.74) is 2.70. The summed E-state index contributed by atoms with van der Waals surface area (Å²) in [6.07, 6.45) is 6.47. The summed E-state index contributed by atoms with van der Waals surface area (Å²) in [5, 5.41) is 14.0. The van der Waals surface area contributed by atoms with Gasteiger partial charge < -0.3 is 0 Å². The second kappa shape index (κ2) is 8.49. The predicted octanol–water partition coefficient (Wildman–Crippen LogP) is 3.20. The van der Waals surface area contributed by atoms with E-state index < -0.39 is 5.41 Å². The van der Waals surface area contributed by atoms with Gasteiger partial charge in [-0.25, -0.2) is 9.97 Å². The summed E-state index contributed by atoms with van der Waals surface area (Å²) in [5.74, 6) is 0.868. The van der Waals surface area contributed by atoms with Crippen molar-refractivity contribution in [3.8, 4) is 17.2 Å². The van der Waals surface area contributed by atoms with Crippen LogP contribution in [0.1, 0.15) is 36.3 Å². The number of hydrogen-bond acceptors (Lipinski definition) is 6.